The van der Waals surface area contributed by atoms with Gasteiger partial charge in [-0.3, -0.25) is 0 Å². The molecule has 0 saturated carbocycles. The number of halogens is 3. The van der Waals surface area contributed by atoms with Gasteiger partial charge in [-0.25, -0.2) is 4.98 Å². The summed E-state index contributed by atoms with van der Waals surface area (Å²) in [6, 6.07) is -0.256. The first-order valence-electron chi connectivity index (χ1n) is 5.71. The highest BCUT2D eigenvalue weighted by Crippen LogP contribution is 2.41. The van der Waals surface area contributed by atoms with Crippen molar-refractivity contribution in [3.05, 3.63) is 16.1 Å². The maximum atomic E-state index is 12.5. The molecule has 1 aromatic rings. The van der Waals surface area contributed by atoms with Gasteiger partial charge in [0.2, 0.25) is 0 Å². The Kier molecular flexibility index (Phi) is 3.66. The van der Waals surface area contributed by atoms with E-state index in [0.717, 1.165) is 12.8 Å². The number of rotatable bonds is 3. The molecule has 1 aromatic heterocycles. The van der Waals surface area contributed by atoms with E-state index in [9.17, 15) is 13.2 Å². The standard InChI is InChI=1S/C11H15F3N2OS/c1-10(4-3-5-17-10)8(15-2)7-6-16-9(18-7)11(12,13)14/h6,8,15H,3-5H2,1-2H3. The zero-order valence-corrected chi connectivity index (χ0v) is 11.0. The smallest absolute Gasteiger partial charge is 0.373 e. The zero-order chi connectivity index (χ0) is 13.4. The van der Waals surface area contributed by atoms with Crippen LogP contribution in [-0.2, 0) is 10.9 Å². The molecule has 1 fully saturated rings. The van der Waals surface area contributed by atoms with Crippen LogP contribution in [0.2, 0.25) is 0 Å². The molecule has 7 heteroatoms. The van der Waals surface area contributed by atoms with E-state index < -0.39 is 16.8 Å². The molecule has 1 aliphatic heterocycles. The summed E-state index contributed by atoms with van der Waals surface area (Å²) in [5, 5.41) is 2.24. The molecule has 2 atom stereocenters. The summed E-state index contributed by atoms with van der Waals surface area (Å²) in [7, 11) is 1.73. The molecule has 1 aliphatic rings. The Morgan fingerprint density at radius 3 is 2.72 bits per heavy atom. The van der Waals surface area contributed by atoms with Crippen LogP contribution in [-0.4, -0.2) is 24.2 Å². The van der Waals surface area contributed by atoms with E-state index in [-0.39, 0.29) is 6.04 Å². The van der Waals surface area contributed by atoms with Gasteiger partial charge >= 0.3 is 6.18 Å². The summed E-state index contributed by atoms with van der Waals surface area (Å²) in [4.78, 5) is 4.02. The number of ether oxygens (including phenoxy) is 1. The SMILES string of the molecule is CNC(c1cnc(C(F)(F)F)s1)C1(C)CCCO1. The molecule has 3 nitrogen and oxygen atoms in total. The van der Waals surface area contributed by atoms with Crippen molar-refractivity contribution in [2.24, 2.45) is 0 Å². The Morgan fingerprint density at radius 1 is 1.56 bits per heavy atom. The lowest BCUT2D eigenvalue weighted by Gasteiger charge is -2.32. The zero-order valence-electron chi connectivity index (χ0n) is 10.2. The largest absolute Gasteiger partial charge is 0.443 e. The van der Waals surface area contributed by atoms with Gasteiger partial charge in [0.25, 0.3) is 0 Å². The Labute approximate surface area is 107 Å². The minimum atomic E-state index is -4.38. The molecule has 0 aliphatic carbocycles. The first kappa shape index (κ1) is 13.8. The van der Waals surface area contributed by atoms with Crippen LogP contribution in [0.1, 0.15) is 35.7 Å². The van der Waals surface area contributed by atoms with Crippen molar-refractivity contribution in [2.45, 2.75) is 37.6 Å². The molecular formula is C11H15F3N2OS. The highest BCUT2D eigenvalue weighted by atomic mass is 32.1. The van der Waals surface area contributed by atoms with E-state index >= 15 is 0 Å². The van der Waals surface area contributed by atoms with Gasteiger partial charge in [0, 0.05) is 17.7 Å². The Hall–Kier alpha value is -0.660. The second-order valence-corrected chi connectivity index (χ2v) is 5.61. The van der Waals surface area contributed by atoms with Crippen LogP contribution in [0.3, 0.4) is 0 Å². The quantitative estimate of drug-likeness (QED) is 0.924. The molecule has 2 rings (SSSR count). The maximum absolute atomic E-state index is 12.5. The molecule has 0 spiro atoms. The molecule has 1 N–H and O–H groups in total. The lowest BCUT2D eigenvalue weighted by atomic mass is 9.92. The molecule has 102 valence electrons. The molecule has 1 saturated heterocycles. The van der Waals surface area contributed by atoms with Crippen molar-refractivity contribution in [3.8, 4) is 0 Å². The first-order chi connectivity index (χ1) is 8.37. The number of hydrogen-bond donors (Lipinski definition) is 1. The van der Waals surface area contributed by atoms with Crippen molar-refractivity contribution < 1.29 is 17.9 Å². The molecule has 2 heterocycles. The van der Waals surface area contributed by atoms with Crippen LogP contribution >= 0.6 is 11.3 Å². The number of aromatic nitrogens is 1. The van der Waals surface area contributed by atoms with Gasteiger partial charge in [-0.15, -0.1) is 11.3 Å². The summed E-state index contributed by atoms with van der Waals surface area (Å²) in [6.07, 6.45) is -1.32. The molecule has 18 heavy (non-hydrogen) atoms. The number of alkyl halides is 3. The number of hydrogen-bond acceptors (Lipinski definition) is 4. The van der Waals surface area contributed by atoms with Crippen molar-refractivity contribution in [3.63, 3.8) is 0 Å². The van der Waals surface area contributed by atoms with Crippen molar-refractivity contribution in [1.82, 2.24) is 10.3 Å². The summed E-state index contributed by atoms with van der Waals surface area (Å²) in [6.45, 7) is 2.58. The number of nitrogens with zero attached hydrogens (tertiary/aromatic N) is 1. The fourth-order valence-electron chi connectivity index (χ4n) is 2.33. The highest BCUT2D eigenvalue weighted by Gasteiger charge is 2.41. The Balaban J connectivity index is 2.25. The average molecular weight is 280 g/mol. The molecule has 2 unspecified atom stereocenters. The fourth-order valence-corrected chi connectivity index (χ4v) is 3.36. The Morgan fingerprint density at radius 2 is 2.28 bits per heavy atom. The molecule has 0 aromatic carbocycles. The van der Waals surface area contributed by atoms with Crippen LogP contribution in [0.4, 0.5) is 13.2 Å². The highest BCUT2D eigenvalue weighted by molar-refractivity contribution is 7.11. The first-order valence-corrected chi connectivity index (χ1v) is 6.52. The van der Waals surface area contributed by atoms with Crippen LogP contribution in [0, 0.1) is 0 Å². The Bertz CT molecular complexity index is 413. The number of nitrogens with one attached hydrogen (secondary N) is 1. The third-order valence-electron chi connectivity index (χ3n) is 3.20. The lowest BCUT2D eigenvalue weighted by Crippen LogP contribution is -2.39. The van der Waals surface area contributed by atoms with Crippen LogP contribution in [0.15, 0.2) is 6.20 Å². The summed E-state index contributed by atoms with van der Waals surface area (Å²) >= 11 is 0.679. The van der Waals surface area contributed by atoms with Gasteiger partial charge < -0.3 is 10.1 Å². The lowest BCUT2D eigenvalue weighted by molar-refractivity contribution is -0.137. The second kappa shape index (κ2) is 4.79. The van der Waals surface area contributed by atoms with E-state index in [0.29, 0.717) is 22.8 Å². The van der Waals surface area contributed by atoms with E-state index in [2.05, 4.69) is 10.3 Å². The van der Waals surface area contributed by atoms with E-state index in [1.165, 1.54) is 6.20 Å². The molecule has 0 radical (unpaired) electrons. The average Bonchev–Trinajstić information content (AvgIpc) is 2.88. The molecule has 0 bridgehead atoms. The van der Waals surface area contributed by atoms with Crippen molar-refractivity contribution in [2.75, 3.05) is 13.7 Å². The number of thiazole rings is 1. The van der Waals surface area contributed by atoms with Gasteiger partial charge in [0.05, 0.1) is 11.6 Å². The van der Waals surface area contributed by atoms with Crippen LogP contribution < -0.4 is 5.32 Å². The van der Waals surface area contributed by atoms with Crippen molar-refractivity contribution in [1.29, 1.82) is 0 Å². The summed E-state index contributed by atoms with van der Waals surface area (Å²) in [5.41, 5.74) is -0.454. The molecule has 0 amide bonds. The normalized spacial score (nSPS) is 26.5. The third-order valence-corrected chi connectivity index (χ3v) is 4.31. The van der Waals surface area contributed by atoms with Gasteiger partial charge in [0.1, 0.15) is 0 Å². The van der Waals surface area contributed by atoms with Crippen LogP contribution in [0.5, 0.6) is 0 Å². The second-order valence-electron chi connectivity index (χ2n) is 4.55. The maximum Gasteiger partial charge on any atom is 0.443 e. The van der Waals surface area contributed by atoms with Gasteiger partial charge in [-0.1, -0.05) is 0 Å². The minimum absolute atomic E-state index is 0.256. The molecular weight excluding hydrogens is 265 g/mol. The summed E-state index contributed by atoms with van der Waals surface area (Å²) in [5.74, 6) is 0. The monoisotopic (exact) mass is 280 g/mol. The predicted molar refractivity (Wildman–Crippen MR) is 62.5 cm³/mol. The van der Waals surface area contributed by atoms with Gasteiger partial charge in [0.15, 0.2) is 5.01 Å². The van der Waals surface area contributed by atoms with E-state index in [4.69, 9.17) is 4.74 Å². The topological polar surface area (TPSA) is 34.2 Å². The minimum Gasteiger partial charge on any atom is -0.373 e. The van der Waals surface area contributed by atoms with E-state index in [1.54, 1.807) is 7.05 Å². The fraction of sp³-hybridized carbons (Fsp3) is 0.727. The van der Waals surface area contributed by atoms with E-state index in [1.807, 2.05) is 6.92 Å². The predicted octanol–water partition coefficient (Wildman–Crippen LogP) is 2.99. The third kappa shape index (κ3) is 2.53. The summed E-state index contributed by atoms with van der Waals surface area (Å²) < 4.78 is 43.3. The number of likely N-dealkylation sites (N-methyl/N-ethyl adjacent to an activating group) is 1. The van der Waals surface area contributed by atoms with Crippen LogP contribution in [0.25, 0.3) is 0 Å². The van der Waals surface area contributed by atoms with Crippen molar-refractivity contribution >= 4 is 11.3 Å². The van der Waals surface area contributed by atoms with Gasteiger partial charge in [-0.05, 0) is 26.8 Å². The van der Waals surface area contributed by atoms with Gasteiger partial charge in [-0.2, -0.15) is 13.2 Å².